The molecule has 0 saturated carbocycles. The van der Waals surface area contributed by atoms with Crippen LogP contribution in [0.2, 0.25) is 0 Å². The molecule has 0 bridgehead atoms. The first-order valence-corrected chi connectivity index (χ1v) is 9.35. The fourth-order valence-electron chi connectivity index (χ4n) is 3.22. The maximum atomic E-state index is 13.7. The van der Waals surface area contributed by atoms with Gasteiger partial charge in [0.15, 0.2) is 0 Å². The number of hydrogen-bond donors (Lipinski definition) is 2. The van der Waals surface area contributed by atoms with Gasteiger partial charge in [-0.1, -0.05) is 12.1 Å². The maximum Gasteiger partial charge on any atom is 0.419 e. The molecule has 5 nitrogen and oxygen atoms in total. The minimum absolute atomic E-state index is 0.0790. The van der Waals surface area contributed by atoms with Crippen LogP contribution in [-0.4, -0.2) is 22.2 Å². The van der Waals surface area contributed by atoms with E-state index < -0.39 is 29.0 Å². The number of nitrogens with zero attached hydrogens (tertiary/aromatic N) is 1. The number of benzene rings is 2. The number of halogens is 4. The highest BCUT2D eigenvalue weighted by Gasteiger charge is 2.34. The number of alkyl halides is 3. The fourth-order valence-corrected chi connectivity index (χ4v) is 3.22. The predicted molar refractivity (Wildman–Crippen MR) is 108 cm³/mol. The van der Waals surface area contributed by atoms with Crippen LogP contribution in [0.25, 0.3) is 10.8 Å². The van der Waals surface area contributed by atoms with Crippen LogP contribution in [0.5, 0.6) is 0 Å². The summed E-state index contributed by atoms with van der Waals surface area (Å²) < 4.78 is 53.2. The van der Waals surface area contributed by atoms with Crippen molar-refractivity contribution in [2.75, 3.05) is 11.9 Å². The molecule has 0 atom stereocenters. The molecule has 0 aliphatic carbocycles. The first-order chi connectivity index (χ1) is 14.4. The van der Waals surface area contributed by atoms with Gasteiger partial charge in [0.25, 0.3) is 5.56 Å². The van der Waals surface area contributed by atoms with Gasteiger partial charge in [0.1, 0.15) is 5.82 Å². The Balaban J connectivity index is 1.87. The number of aromatic nitrogens is 1. The molecule has 31 heavy (non-hydrogen) atoms. The standard InChI is InChI=1S/C22H20F4N2O3/c1-21(2,12-29)28-9-8-14-15(20(28)31)4-3-5-18(14)27-19(30)11-13-6-7-16(17(23)10-13)22(24,25)26/h3-10,29H,11-12H2,1-2H3,(H,27,30). The van der Waals surface area contributed by atoms with E-state index in [9.17, 15) is 32.3 Å². The number of amides is 1. The molecule has 0 radical (unpaired) electrons. The van der Waals surface area contributed by atoms with E-state index in [2.05, 4.69) is 5.32 Å². The fraction of sp³-hybridized carbons (Fsp3) is 0.273. The monoisotopic (exact) mass is 436 g/mol. The van der Waals surface area contributed by atoms with Crippen molar-refractivity contribution in [2.45, 2.75) is 32.0 Å². The van der Waals surface area contributed by atoms with Crippen LogP contribution < -0.4 is 10.9 Å². The summed E-state index contributed by atoms with van der Waals surface area (Å²) in [7, 11) is 0. The molecule has 0 spiro atoms. The van der Waals surface area contributed by atoms with Crippen LogP contribution in [0.3, 0.4) is 0 Å². The van der Waals surface area contributed by atoms with Gasteiger partial charge in [0.2, 0.25) is 5.91 Å². The van der Waals surface area contributed by atoms with Gasteiger partial charge in [-0.2, -0.15) is 13.2 Å². The molecule has 0 aliphatic heterocycles. The second-order valence-electron chi connectivity index (χ2n) is 7.77. The van der Waals surface area contributed by atoms with Crippen molar-refractivity contribution in [2.24, 2.45) is 0 Å². The minimum Gasteiger partial charge on any atom is -0.394 e. The Kier molecular flexibility index (Phi) is 5.91. The number of fused-ring (bicyclic) bond motifs is 1. The molecule has 1 amide bonds. The summed E-state index contributed by atoms with van der Waals surface area (Å²) in [4.78, 5) is 25.2. The van der Waals surface area contributed by atoms with Gasteiger partial charge >= 0.3 is 6.18 Å². The molecule has 3 rings (SSSR count). The molecular weight excluding hydrogens is 416 g/mol. The molecule has 2 aromatic carbocycles. The van der Waals surface area contributed by atoms with E-state index in [1.807, 2.05) is 0 Å². The molecule has 0 aliphatic rings. The van der Waals surface area contributed by atoms with Crippen molar-refractivity contribution in [1.29, 1.82) is 0 Å². The van der Waals surface area contributed by atoms with E-state index in [0.717, 1.165) is 6.07 Å². The molecule has 0 unspecified atom stereocenters. The van der Waals surface area contributed by atoms with E-state index >= 15 is 0 Å². The van der Waals surface area contributed by atoms with Gasteiger partial charge in [-0.05, 0) is 49.7 Å². The highest BCUT2D eigenvalue weighted by atomic mass is 19.4. The zero-order valence-corrected chi connectivity index (χ0v) is 16.8. The third-order valence-corrected chi connectivity index (χ3v) is 4.96. The summed E-state index contributed by atoms with van der Waals surface area (Å²) in [6.45, 7) is 3.16. The largest absolute Gasteiger partial charge is 0.419 e. The van der Waals surface area contributed by atoms with Gasteiger partial charge in [-0.15, -0.1) is 0 Å². The van der Waals surface area contributed by atoms with Crippen LogP contribution in [0.15, 0.2) is 53.5 Å². The Morgan fingerprint density at radius 2 is 1.81 bits per heavy atom. The zero-order chi connectivity index (χ0) is 23.0. The lowest BCUT2D eigenvalue weighted by atomic mass is 10.0. The van der Waals surface area contributed by atoms with Crippen molar-refractivity contribution < 1.29 is 27.5 Å². The van der Waals surface area contributed by atoms with E-state index in [0.29, 0.717) is 28.6 Å². The first kappa shape index (κ1) is 22.5. The van der Waals surface area contributed by atoms with Crippen LogP contribution >= 0.6 is 0 Å². The third-order valence-electron chi connectivity index (χ3n) is 4.96. The maximum absolute atomic E-state index is 13.7. The van der Waals surface area contributed by atoms with Crippen LogP contribution in [0, 0.1) is 5.82 Å². The van der Waals surface area contributed by atoms with Crippen molar-refractivity contribution in [3.63, 3.8) is 0 Å². The second kappa shape index (κ2) is 8.14. The molecule has 9 heteroatoms. The van der Waals surface area contributed by atoms with Gasteiger partial charge < -0.3 is 15.0 Å². The summed E-state index contributed by atoms with van der Waals surface area (Å²) in [5, 5.41) is 12.9. The quantitative estimate of drug-likeness (QED) is 0.593. The lowest BCUT2D eigenvalue weighted by molar-refractivity contribution is -0.140. The Labute approximate surface area is 174 Å². The highest BCUT2D eigenvalue weighted by molar-refractivity contribution is 6.02. The summed E-state index contributed by atoms with van der Waals surface area (Å²) >= 11 is 0. The number of anilines is 1. The van der Waals surface area contributed by atoms with Crippen molar-refractivity contribution in [3.8, 4) is 0 Å². The topological polar surface area (TPSA) is 71.3 Å². The van der Waals surface area contributed by atoms with E-state index in [4.69, 9.17) is 0 Å². The number of carbonyl (C=O) groups is 1. The Bertz CT molecular complexity index is 1200. The zero-order valence-electron chi connectivity index (χ0n) is 16.8. The molecule has 2 N–H and O–H groups in total. The lowest BCUT2D eigenvalue weighted by Gasteiger charge is -2.25. The molecule has 1 heterocycles. The van der Waals surface area contributed by atoms with E-state index in [1.54, 1.807) is 38.1 Å². The molecule has 164 valence electrons. The van der Waals surface area contributed by atoms with E-state index in [-0.39, 0.29) is 24.2 Å². The van der Waals surface area contributed by atoms with Gasteiger partial charge in [-0.25, -0.2) is 4.39 Å². The molecular formula is C22H20F4N2O3. The number of nitrogens with one attached hydrogen (secondary N) is 1. The molecule has 0 fully saturated rings. The van der Waals surface area contributed by atoms with Gasteiger partial charge in [0, 0.05) is 22.7 Å². The molecule has 0 saturated heterocycles. The summed E-state index contributed by atoms with van der Waals surface area (Å²) in [5.74, 6) is -2.03. The minimum atomic E-state index is -4.81. The average molecular weight is 436 g/mol. The number of carbonyl (C=O) groups excluding carboxylic acids is 1. The number of aliphatic hydroxyl groups is 1. The van der Waals surface area contributed by atoms with Crippen LogP contribution in [0.1, 0.15) is 25.0 Å². The van der Waals surface area contributed by atoms with Crippen LogP contribution in [-0.2, 0) is 22.9 Å². The normalized spacial score (nSPS) is 12.2. The average Bonchev–Trinajstić information content (AvgIpc) is 2.67. The van der Waals surface area contributed by atoms with Gasteiger partial charge in [-0.3, -0.25) is 9.59 Å². The summed E-state index contributed by atoms with van der Waals surface area (Å²) in [5.41, 5.74) is -2.15. The van der Waals surface area contributed by atoms with Crippen LogP contribution in [0.4, 0.5) is 23.2 Å². The Morgan fingerprint density at radius 3 is 2.42 bits per heavy atom. The van der Waals surface area contributed by atoms with E-state index in [1.165, 1.54) is 10.8 Å². The number of aliphatic hydroxyl groups excluding tert-OH is 1. The molecule has 3 aromatic rings. The summed E-state index contributed by atoms with van der Waals surface area (Å²) in [6, 6.07) is 8.69. The van der Waals surface area contributed by atoms with Crippen molar-refractivity contribution >= 4 is 22.4 Å². The number of rotatable bonds is 5. The predicted octanol–water partition coefficient (Wildman–Crippen LogP) is 4.07. The SMILES string of the molecule is CC(C)(CO)n1ccc2c(NC(=O)Cc3ccc(C(F)(F)F)c(F)c3)cccc2c1=O. The van der Waals surface area contributed by atoms with Gasteiger partial charge in [0.05, 0.1) is 24.1 Å². The smallest absolute Gasteiger partial charge is 0.394 e. The van der Waals surface area contributed by atoms with Crippen molar-refractivity contribution in [3.05, 3.63) is 76.0 Å². The van der Waals surface area contributed by atoms with Crippen molar-refractivity contribution in [1.82, 2.24) is 4.57 Å². The summed E-state index contributed by atoms with van der Waals surface area (Å²) in [6.07, 6.45) is -3.65. The second-order valence-corrected chi connectivity index (χ2v) is 7.77. The number of pyridine rings is 1. The Hall–Kier alpha value is -3.20. The third kappa shape index (κ3) is 4.61. The number of hydrogen-bond acceptors (Lipinski definition) is 3. The highest BCUT2D eigenvalue weighted by Crippen LogP contribution is 2.31. The molecule has 1 aromatic heterocycles. The Morgan fingerprint density at radius 1 is 1.10 bits per heavy atom. The lowest BCUT2D eigenvalue weighted by Crippen LogP contribution is -2.38. The first-order valence-electron chi connectivity index (χ1n) is 9.35.